The number of guanidine groups is 1. The number of aliphatic imine (C=N–C) groups is 1. The molecule has 1 fully saturated rings. The SMILES string of the molecule is CN=C(NCc1cccc(COCC(F)(F)F)c1)NCC1CCCOC1C(C)(C)C. The van der Waals surface area contributed by atoms with Crippen molar-refractivity contribution < 1.29 is 22.6 Å². The molecular formula is C22H34F3N3O2. The third-order valence-electron chi connectivity index (χ3n) is 5.04. The van der Waals surface area contributed by atoms with Crippen LogP contribution in [0.4, 0.5) is 13.2 Å². The zero-order valence-electron chi connectivity index (χ0n) is 18.3. The van der Waals surface area contributed by atoms with E-state index in [-0.39, 0.29) is 18.1 Å². The second kappa shape index (κ2) is 11.0. The number of hydrogen-bond acceptors (Lipinski definition) is 3. The molecule has 170 valence electrons. The van der Waals surface area contributed by atoms with Crippen LogP contribution in [0.2, 0.25) is 0 Å². The standard InChI is InChI=1S/C22H34F3N3O2/c1-21(2,3)19-18(9-6-10-30-19)13-28-20(26-4)27-12-16-7-5-8-17(11-16)14-29-15-22(23,24)25/h5,7-8,11,18-19H,6,9-10,12-15H2,1-4H3,(H2,26,27,28). The molecule has 1 aromatic carbocycles. The number of halogens is 3. The van der Waals surface area contributed by atoms with Crippen LogP contribution < -0.4 is 10.6 Å². The number of nitrogens with zero attached hydrogens (tertiary/aromatic N) is 1. The molecule has 5 nitrogen and oxygen atoms in total. The molecule has 2 unspecified atom stereocenters. The first-order chi connectivity index (χ1) is 14.1. The summed E-state index contributed by atoms with van der Waals surface area (Å²) in [6.45, 7) is 7.39. The van der Waals surface area contributed by atoms with Gasteiger partial charge >= 0.3 is 6.18 Å². The van der Waals surface area contributed by atoms with Crippen molar-refractivity contribution in [1.82, 2.24) is 10.6 Å². The molecule has 0 saturated carbocycles. The average molecular weight is 430 g/mol. The molecule has 2 N–H and O–H groups in total. The van der Waals surface area contributed by atoms with Gasteiger partial charge in [0.2, 0.25) is 0 Å². The molecule has 2 atom stereocenters. The summed E-state index contributed by atoms with van der Waals surface area (Å²) in [5.41, 5.74) is 1.73. The van der Waals surface area contributed by atoms with Crippen molar-refractivity contribution in [2.45, 2.75) is 59.0 Å². The lowest BCUT2D eigenvalue weighted by atomic mass is 9.78. The van der Waals surface area contributed by atoms with Crippen molar-refractivity contribution in [3.05, 3.63) is 35.4 Å². The fourth-order valence-electron chi connectivity index (χ4n) is 3.76. The summed E-state index contributed by atoms with van der Waals surface area (Å²) in [5, 5.41) is 6.65. The Labute approximate surface area is 177 Å². The van der Waals surface area contributed by atoms with Gasteiger partial charge in [0.25, 0.3) is 0 Å². The highest BCUT2D eigenvalue weighted by molar-refractivity contribution is 5.79. The topological polar surface area (TPSA) is 54.9 Å². The van der Waals surface area contributed by atoms with Crippen molar-refractivity contribution in [2.24, 2.45) is 16.3 Å². The van der Waals surface area contributed by atoms with Crippen LogP contribution in [-0.2, 0) is 22.6 Å². The van der Waals surface area contributed by atoms with Gasteiger partial charge in [0, 0.05) is 32.7 Å². The molecule has 0 amide bonds. The normalized spacial score (nSPS) is 20.8. The number of hydrogen-bond donors (Lipinski definition) is 2. The van der Waals surface area contributed by atoms with E-state index in [2.05, 4.69) is 36.4 Å². The second-order valence-corrected chi connectivity index (χ2v) is 8.79. The lowest BCUT2D eigenvalue weighted by molar-refractivity contribution is -0.176. The maximum atomic E-state index is 12.2. The molecule has 1 aromatic rings. The molecule has 2 rings (SSSR count). The Kier molecular flexibility index (Phi) is 8.97. The lowest BCUT2D eigenvalue weighted by Crippen LogP contribution is -2.47. The summed E-state index contributed by atoms with van der Waals surface area (Å²) in [6, 6.07) is 7.31. The van der Waals surface area contributed by atoms with Crippen molar-refractivity contribution in [3.63, 3.8) is 0 Å². The maximum absolute atomic E-state index is 12.2. The van der Waals surface area contributed by atoms with Gasteiger partial charge in [-0.2, -0.15) is 13.2 Å². The first kappa shape index (κ1) is 24.5. The van der Waals surface area contributed by atoms with Crippen molar-refractivity contribution in [2.75, 3.05) is 26.8 Å². The van der Waals surface area contributed by atoms with E-state index in [4.69, 9.17) is 9.47 Å². The lowest BCUT2D eigenvalue weighted by Gasteiger charge is -2.40. The third kappa shape index (κ3) is 8.52. The number of benzene rings is 1. The van der Waals surface area contributed by atoms with E-state index in [0.29, 0.717) is 24.0 Å². The zero-order chi connectivity index (χ0) is 22.2. The Morgan fingerprint density at radius 3 is 2.60 bits per heavy atom. The Bertz CT molecular complexity index is 687. The summed E-state index contributed by atoms with van der Waals surface area (Å²) in [4.78, 5) is 4.28. The highest BCUT2D eigenvalue weighted by atomic mass is 19.4. The van der Waals surface area contributed by atoms with E-state index < -0.39 is 12.8 Å². The molecule has 0 bridgehead atoms. The minimum Gasteiger partial charge on any atom is -0.377 e. The molecule has 1 aliphatic rings. The summed E-state index contributed by atoms with van der Waals surface area (Å²) in [5.74, 6) is 1.10. The smallest absolute Gasteiger partial charge is 0.377 e. The fraction of sp³-hybridized carbons (Fsp3) is 0.682. The van der Waals surface area contributed by atoms with Gasteiger partial charge in [0.05, 0.1) is 12.7 Å². The van der Waals surface area contributed by atoms with Gasteiger partial charge < -0.3 is 20.1 Å². The van der Waals surface area contributed by atoms with Crippen LogP contribution in [-0.4, -0.2) is 45.0 Å². The third-order valence-corrected chi connectivity index (χ3v) is 5.04. The van der Waals surface area contributed by atoms with Crippen molar-refractivity contribution >= 4 is 5.96 Å². The van der Waals surface area contributed by atoms with E-state index in [1.807, 2.05) is 18.2 Å². The zero-order valence-corrected chi connectivity index (χ0v) is 18.3. The Morgan fingerprint density at radius 1 is 1.20 bits per heavy atom. The molecule has 30 heavy (non-hydrogen) atoms. The molecule has 0 radical (unpaired) electrons. The predicted molar refractivity (Wildman–Crippen MR) is 112 cm³/mol. The maximum Gasteiger partial charge on any atom is 0.411 e. The van der Waals surface area contributed by atoms with Gasteiger partial charge in [-0.1, -0.05) is 45.0 Å². The molecule has 0 aromatic heterocycles. The number of ether oxygens (including phenoxy) is 2. The van der Waals surface area contributed by atoms with Gasteiger partial charge in [-0.25, -0.2) is 0 Å². The highest BCUT2D eigenvalue weighted by Crippen LogP contribution is 2.33. The van der Waals surface area contributed by atoms with Crippen LogP contribution in [0.25, 0.3) is 0 Å². The number of alkyl halides is 3. The van der Waals surface area contributed by atoms with E-state index in [9.17, 15) is 13.2 Å². The van der Waals surface area contributed by atoms with Crippen molar-refractivity contribution in [1.29, 1.82) is 0 Å². The van der Waals surface area contributed by atoms with Gasteiger partial charge in [0.1, 0.15) is 6.61 Å². The quantitative estimate of drug-likeness (QED) is 0.502. The summed E-state index contributed by atoms with van der Waals surface area (Å²) >= 11 is 0. The molecular weight excluding hydrogens is 395 g/mol. The van der Waals surface area contributed by atoms with Gasteiger partial charge in [-0.3, -0.25) is 4.99 Å². The van der Waals surface area contributed by atoms with Crippen molar-refractivity contribution in [3.8, 4) is 0 Å². The molecule has 8 heteroatoms. The number of nitrogens with one attached hydrogen (secondary N) is 2. The highest BCUT2D eigenvalue weighted by Gasteiger charge is 2.35. The Balaban J connectivity index is 1.83. The molecule has 0 aliphatic carbocycles. The fourth-order valence-corrected chi connectivity index (χ4v) is 3.76. The van der Waals surface area contributed by atoms with E-state index in [0.717, 1.165) is 31.6 Å². The van der Waals surface area contributed by atoms with Crippen LogP contribution in [0.5, 0.6) is 0 Å². The predicted octanol–water partition coefficient (Wildman–Crippen LogP) is 4.27. The van der Waals surface area contributed by atoms with Crippen LogP contribution in [0.15, 0.2) is 29.3 Å². The summed E-state index contributed by atoms with van der Waals surface area (Å²) in [7, 11) is 1.72. The van der Waals surface area contributed by atoms with E-state index in [1.165, 1.54) is 0 Å². The molecule has 0 spiro atoms. The van der Waals surface area contributed by atoms with Gasteiger partial charge in [-0.05, 0) is 29.4 Å². The Morgan fingerprint density at radius 2 is 1.93 bits per heavy atom. The summed E-state index contributed by atoms with van der Waals surface area (Å²) in [6.07, 6.45) is -1.93. The average Bonchev–Trinajstić information content (AvgIpc) is 2.67. The summed E-state index contributed by atoms with van der Waals surface area (Å²) < 4.78 is 47.4. The second-order valence-electron chi connectivity index (χ2n) is 8.79. The monoisotopic (exact) mass is 429 g/mol. The first-order valence-corrected chi connectivity index (χ1v) is 10.4. The van der Waals surface area contributed by atoms with Crippen LogP contribution >= 0.6 is 0 Å². The van der Waals surface area contributed by atoms with Crippen LogP contribution in [0.1, 0.15) is 44.7 Å². The minimum absolute atomic E-state index is 0.0732. The molecule has 1 heterocycles. The van der Waals surface area contributed by atoms with E-state index in [1.54, 1.807) is 13.1 Å². The molecule has 1 aliphatic heterocycles. The largest absolute Gasteiger partial charge is 0.411 e. The van der Waals surface area contributed by atoms with Crippen LogP contribution in [0, 0.1) is 11.3 Å². The first-order valence-electron chi connectivity index (χ1n) is 10.4. The minimum atomic E-state index is -4.31. The van der Waals surface area contributed by atoms with Gasteiger partial charge in [-0.15, -0.1) is 0 Å². The molecule has 1 saturated heterocycles. The van der Waals surface area contributed by atoms with E-state index >= 15 is 0 Å². The number of rotatable bonds is 7. The van der Waals surface area contributed by atoms with Gasteiger partial charge in [0.15, 0.2) is 5.96 Å². The Hall–Kier alpha value is -1.80. The van der Waals surface area contributed by atoms with Crippen LogP contribution in [0.3, 0.4) is 0 Å².